The number of aromatic amines is 1. The van der Waals surface area contributed by atoms with Crippen LogP contribution < -0.4 is 29.6 Å². The van der Waals surface area contributed by atoms with Crippen molar-refractivity contribution in [1.29, 1.82) is 0 Å². The van der Waals surface area contributed by atoms with Crippen LogP contribution in [-0.2, 0) is 19.4 Å². The van der Waals surface area contributed by atoms with Gasteiger partial charge in [0.05, 0.1) is 22.5 Å². The summed E-state index contributed by atoms with van der Waals surface area (Å²) in [7, 11) is 0. The van der Waals surface area contributed by atoms with Gasteiger partial charge in [-0.15, -0.1) is 0 Å². The van der Waals surface area contributed by atoms with Crippen molar-refractivity contribution in [2.45, 2.75) is 33.2 Å². The molecule has 0 fully saturated rings. The van der Waals surface area contributed by atoms with Gasteiger partial charge >= 0.3 is 29.6 Å². The SMILES string of the molecule is BrCCc1ccccc1.CC(=O)c1c(-c2ccc(Cl)cc2)[nH]c2ccccc12.CC(=O)c1c(-c2ccc(Cl)cc2)n(CCc2ccccc2)c2ccccc12.[H-].[Na+]. The zero-order valence-corrected chi connectivity index (χ0v) is 36.8. The number of alkyl halides is 1. The van der Waals surface area contributed by atoms with E-state index in [1.807, 2.05) is 103 Å². The largest absolute Gasteiger partial charge is 1.00 e. The smallest absolute Gasteiger partial charge is 1.00 e. The predicted octanol–water partition coefficient (Wildman–Crippen LogP) is 10.8. The van der Waals surface area contributed by atoms with Crippen LogP contribution in [0.5, 0.6) is 0 Å². The van der Waals surface area contributed by atoms with Crippen LogP contribution in [0.3, 0.4) is 0 Å². The second-order valence-corrected chi connectivity index (χ2v) is 14.8. The number of benzene rings is 6. The number of para-hydroxylation sites is 2. The van der Waals surface area contributed by atoms with Gasteiger partial charge < -0.3 is 11.0 Å². The third kappa shape index (κ3) is 10.6. The standard InChI is InChI=1S/C24H20ClNO.C16H12ClNO.C8H9Br.Na.H/c1-17(27)23-21-9-5-6-10-22(21)26(16-15-18-7-3-2-4-8-18)24(23)19-11-13-20(25)14-12-19;1-10(19)15-13-4-2-3-5-14(13)18-16(15)11-6-8-12(17)9-7-11;9-7-6-8-4-2-1-3-5-8;;/h2-14H,15-16H2,1H3;2-9,18H,1H3;1-5H,6-7H2;;/q;;;+1;-1. The summed E-state index contributed by atoms with van der Waals surface area (Å²) >= 11 is 15.4. The molecule has 0 bridgehead atoms. The van der Waals surface area contributed by atoms with Gasteiger partial charge in [-0.05, 0) is 85.3 Å². The van der Waals surface area contributed by atoms with E-state index in [0.29, 0.717) is 10.0 Å². The fraction of sp³-hybridized carbons (Fsp3) is 0.125. The number of halogens is 3. The Bertz CT molecular complexity index is 2520. The van der Waals surface area contributed by atoms with Crippen molar-refractivity contribution < 1.29 is 40.6 Å². The van der Waals surface area contributed by atoms with Crippen LogP contribution in [0.25, 0.3) is 44.3 Å². The summed E-state index contributed by atoms with van der Waals surface area (Å²) < 4.78 is 2.27. The van der Waals surface area contributed by atoms with Crippen LogP contribution >= 0.6 is 39.1 Å². The molecule has 0 atom stereocenters. The number of rotatable bonds is 9. The van der Waals surface area contributed by atoms with E-state index < -0.39 is 0 Å². The van der Waals surface area contributed by atoms with Crippen molar-refractivity contribution >= 4 is 72.5 Å². The molecule has 1 N–H and O–H groups in total. The van der Waals surface area contributed by atoms with Crippen LogP contribution in [0, 0.1) is 0 Å². The summed E-state index contributed by atoms with van der Waals surface area (Å²) in [5.41, 5.74) is 10.0. The Morgan fingerprint density at radius 3 is 1.62 bits per heavy atom. The zero-order chi connectivity index (χ0) is 38.7. The molecule has 8 rings (SSSR count). The summed E-state index contributed by atoms with van der Waals surface area (Å²) in [6, 6.07) is 52.0. The van der Waals surface area contributed by atoms with Gasteiger partial charge in [0.15, 0.2) is 11.6 Å². The van der Waals surface area contributed by atoms with Gasteiger partial charge in [-0.1, -0.05) is 160 Å². The van der Waals surface area contributed by atoms with Gasteiger partial charge in [0.25, 0.3) is 0 Å². The molecule has 0 aliphatic rings. The maximum atomic E-state index is 12.6. The third-order valence-electron chi connectivity index (χ3n) is 9.32. The van der Waals surface area contributed by atoms with E-state index in [0.717, 1.165) is 80.2 Å². The molecule has 8 heteroatoms. The number of hydrogen-bond acceptors (Lipinski definition) is 2. The van der Waals surface area contributed by atoms with E-state index in [9.17, 15) is 9.59 Å². The number of aryl methyl sites for hydroxylation is 3. The van der Waals surface area contributed by atoms with Gasteiger partial charge in [-0.3, -0.25) is 9.59 Å². The summed E-state index contributed by atoms with van der Waals surface area (Å²) in [6.07, 6.45) is 2.03. The Balaban J connectivity index is 0.000000209. The molecule has 6 aromatic carbocycles. The molecule has 4 nitrogen and oxygen atoms in total. The van der Waals surface area contributed by atoms with Crippen LogP contribution in [-0.4, -0.2) is 26.4 Å². The molecule has 0 unspecified atom stereocenters. The Morgan fingerprint density at radius 2 is 1.07 bits per heavy atom. The van der Waals surface area contributed by atoms with Crippen LogP contribution in [0.2, 0.25) is 10.0 Å². The van der Waals surface area contributed by atoms with Crippen molar-refractivity contribution in [3.8, 4) is 22.5 Å². The number of hydrogen-bond donors (Lipinski definition) is 1. The fourth-order valence-corrected chi connectivity index (χ4v) is 7.49. The van der Waals surface area contributed by atoms with Gasteiger partial charge in [-0.25, -0.2) is 0 Å². The molecule has 2 heterocycles. The van der Waals surface area contributed by atoms with Crippen molar-refractivity contribution in [2.24, 2.45) is 0 Å². The third-order valence-corrected chi connectivity index (χ3v) is 10.2. The molecule has 0 amide bonds. The Kier molecular flexibility index (Phi) is 16.0. The quantitative estimate of drug-likeness (QED) is 0.0893. The number of nitrogens with one attached hydrogen (secondary N) is 1. The molecule has 56 heavy (non-hydrogen) atoms. The summed E-state index contributed by atoms with van der Waals surface area (Å²) in [6.45, 7) is 4.04. The number of nitrogens with zero attached hydrogens (tertiary/aromatic N) is 1. The first-order valence-electron chi connectivity index (χ1n) is 18.1. The second kappa shape index (κ2) is 20.8. The molecular weight excluding hydrogens is 810 g/mol. The van der Waals surface area contributed by atoms with Crippen molar-refractivity contribution in [2.75, 3.05) is 5.33 Å². The molecule has 0 saturated carbocycles. The van der Waals surface area contributed by atoms with E-state index in [4.69, 9.17) is 23.2 Å². The molecule has 0 spiro atoms. The van der Waals surface area contributed by atoms with E-state index in [2.05, 4.69) is 80.1 Å². The van der Waals surface area contributed by atoms with Crippen LogP contribution in [0.15, 0.2) is 158 Å². The summed E-state index contributed by atoms with van der Waals surface area (Å²) in [5.74, 6) is 0.136. The molecular formula is C48H42BrCl2N2NaO2. The van der Waals surface area contributed by atoms with Crippen LogP contribution in [0.4, 0.5) is 0 Å². The molecule has 8 aromatic rings. The topological polar surface area (TPSA) is 54.9 Å². The first-order chi connectivity index (χ1) is 26.7. The van der Waals surface area contributed by atoms with E-state index in [1.165, 1.54) is 11.1 Å². The number of ketones is 2. The number of H-pyrrole nitrogens is 1. The molecule has 0 radical (unpaired) electrons. The minimum atomic E-state index is 0. The number of fused-ring (bicyclic) bond motifs is 2. The maximum Gasteiger partial charge on any atom is 1.00 e. The summed E-state index contributed by atoms with van der Waals surface area (Å²) in [5, 5.41) is 4.39. The first-order valence-corrected chi connectivity index (χ1v) is 20.0. The first kappa shape index (κ1) is 42.9. The predicted molar refractivity (Wildman–Crippen MR) is 236 cm³/mol. The van der Waals surface area contributed by atoms with Crippen molar-refractivity contribution in [3.63, 3.8) is 0 Å². The molecule has 0 aliphatic carbocycles. The second-order valence-electron chi connectivity index (χ2n) is 13.1. The molecule has 2 aromatic heterocycles. The number of carbonyl (C=O) groups is 2. The van der Waals surface area contributed by atoms with E-state index >= 15 is 0 Å². The minimum absolute atomic E-state index is 0. The Morgan fingerprint density at radius 1 is 0.589 bits per heavy atom. The maximum absolute atomic E-state index is 12.6. The number of carbonyl (C=O) groups excluding carboxylic acids is 2. The van der Waals surface area contributed by atoms with E-state index in [-0.39, 0.29) is 42.6 Å². The average molecular weight is 853 g/mol. The van der Waals surface area contributed by atoms with Gasteiger partial charge in [0.2, 0.25) is 0 Å². The van der Waals surface area contributed by atoms with Gasteiger partial charge in [0.1, 0.15) is 0 Å². The van der Waals surface area contributed by atoms with E-state index in [1.54, 1.807) is 13.8 Å². The normalized spacial score (nSPS) is 10.5. The van der Waals surface area contributed by atoms with Crippen LogP contribution in [0.1, 0.15) is 47.1 Å². The fourth-order valence-electron chi connectivity index (χ4n) is 6.78. The monoisotopic (exact) mass is 850 g/mol. The average Bonchev–Trinajstić information content (AvgIpc) is 3.76. The molecule has 0 aliphatic heterocycles. The minimum Gasteiger partial charge on any atom is -1.00 e. The van der Waals surface area contributed by atoms with Gasteiger partial charge in [0, 0.05) is 43.7 Å². The number of aromatic nitrogens is 2. The zero-order valence-electron chi connectivity index (χ0n) is 32.7. The van der Waals surface area contributed by atoms with Crippen molar-refractivity contribution in [1.82, 2.24) is 9.55 Å². The van der Waals surface area contributed by atoms with Crippen molar-refractivity contribution in [3.05, 3.63) is 190 Å². The molecule has 278 valence electrons. The number of Topliss-reactive ketones (excluding diaryl/α,β-unsaturated/α-hetero) is 2. The Hall–Kier alpha value is -4.20. The Labute approximate surface area is 370 Å². The van der Waals surface area contributed by atoms with Gasteiger partial charge in [-0.2, -0.15) is 0 Å². The summed E-state index contributed by atoms with van der Waals surface area (Å²) in [4.78, 5) is 27.8. The molecule has 0 saturated heterocycles.